The van der Waals surface area contributed by atoms with E-state index in [4.69, 9.17) is 16.3 Å². The fourth-order valence-corrected chi connectivity index (χ4v) is 2.15. The molecule has 0 aliphatic carbocycles. The summed E-state index contributed by atoms with van der Waals surface area (Å²) in [6.45, 7) is 0.179. The molecular formula is C14H9BrClFO2. The van der Waals surface area contributed by atoms with Crippen molar-refractivity contribution >= 4 is 33.8 Å². The minimum Gasteiger partial charge on any atom is -0.487 e. The number of hydrogen-bond acceptors (Lipinski definition) is 2. The normalized spacial score (nSPS) is 10.3. The second kappa shape index (κ2) is 6.17. The molecule has 0 atom stereocenters. The Balaban J connectivity index is 2.14. The molecule has 0 N–H and O–H groups in total. The average Bonchev–Trinajstić information content (AvgIpc) is 2.41. The van der Waals surface area contributed by atoms with Crippen LogP contribution in [0.2, 0.25) is 5.02 Å². The Bertz CT molecular complexity index is 616. The van der Waals surface area contributed by atoms with Gasteiger partial charge >= 0.3 is 0 Å². The Hall–Kier alpha value is -1.39. The number of benzene rings is 2. The van der Waals surface area contributed by atoms with Crippen LogP contribution in [0, 0.1) is 5.82 Å². The van der Waals surface area contributed by atoms with E-state index in [0.717, 1.165) is 0 Å². The third-order valence-corrected chi connectivity index (χ3v) is 3.69. The van der Waals surface area contributed by atoms with Crippen LogP contribution >= 0.6 is 27.5 Å². The molecule has 2 aromatic carbocycles. The van der Waals surface area contributed by atoms with Crippen molar-refractivity contribution in [2.75, 3.05) is 0 Å². The van der Waals surface area contributed by atoms with Crippen molar-refractivity contribution in [3.8, 4) is 5.75 Å². The molecule has 0 saturated heterocycles. The number of rotatable bonds is 4. The summed E-state index contributed by atoms with van der Waals surface area (Å²) < 4.78 is 19.2. The molecule has 0 heterocycles. The molecule has 2 rings (SSSR count). The van der Waals surface area contributed by atoms with Gasteiger partial charge in [0.2, 0.25) is 0 Å². The zero-order valence-electron chi connectivity index (χ0n) is 9.70. The van der Waals surface area contributed by atoms with Gasteiger partial charge in [0.15, 0.2) is 0 Å². The van der Waals surface area contributed by atoms with Crippen LogP contribution in [0.15, 0.2) is 40.9 Å². The standard InChI is InChI=1S/C14H9BrClFO2/c15-14-10(2-1-3-12(14)17)8-19-13-5-4-9(7-18)6-11(13)16/h1-7H,8H2. The van der Waals surface area contributed by atoms with E-state index < -0.39 is 0 Å². The first-order valence-corrected chi connectivity index (χ1v) is 6.59. The number of halogens is 3. The van der Waals surface area contributed by atoms with Crippen molar-refractivity contribution in [1.82, 2.24) is 0 Å². The van der Waals surface area contributed by atoms with Gasteiger partial charge < -0.3 is 4.74 Å². The van der Waals surface area contributed by atoms with Gasteiger partial charge in [-0.05, 0) is 40.2 Å². The highest BCUT2D eigenvalue weighted by molar-refractivity contribution is 9.10. The number of ether oxygens (including phenoxy) is 1. The number of aldehydes is 1. The molecule has 0 bridgehead atoms. The van der Waals surface area contributed by atoms with Crippen LogP contribution in [0.25, 0.3) is 0 Å². The van der Waals surface area contributed by atoms with E-state index >= 15 is 0 Å². The summed E-state index contributed by atoms with van der Waals surface area (Å²) in [5, 5.41) is 0.345. The molecule has 0 saturated carbocycles. The topological polar surface area (TPSA) is 26.3 Å². The van der Waals surface area contributed by atoms with Crippen molar-refractivity contribution in [3.05, 3.63) is 62.8 Å². The molecule has 2 aromatic rings. The third kappa shape index (κ3) is 3.33. The Labute approximate surface area is 123 Å². The van der Waals surface area contributed by atoms with Crippen LogP contribution in [0.1, 0.15) is 15.9 Å². The number of carbonyl (C=O) groups is 1. The van der Waals surface area contributed by atoms with E-state index in [1.165, 1.54) is 12.1 Å². The van der Waals surface area contributed by atoms with E-state index in [9.17, 15) is 9.18 Å². The fourth-order valence-electron chi connectivity index (χ4n) is 1.52. The maximum Gasteiger partial charge on any atom is 0.150 e. The molecule has 98 valence electrons. The maximum absolute atomic E-state index is 13.3. The van der Waals surface area contributed by atoms with Crippen molar-refractivity contribution < 1.29 is 13.9 Å². The summed E-state index contributed by atoms with van der Waals surface area (Å²) >= 11 is 9.14. The van der Waals surface area contributed by atoms with Crippen LogP contribution in [0.5, 0.6) is 5.75 Å². The third-order valence-electron chi connectivity index (χ3n) is 2.51. The first-order valence-electron chi connectivity index (χ1n) is 5.42. The first kappa shape index (κ1) is 14.0. The van der Waals surface area contributed by atoms with Gasteiger partial charge in [0, 0.05) is 11.1 Å². The SMILES string of the molecule is O=Cc1ccc(OCc2cccc(F)c2Br)c(Cl)c1. The molecular weight excluding hydrogens is 335 g/mol. The summed E-state index contributed by atoms with van der Waals surface area (Å²) in [5.74, 6) is 0.104. The second-order valence-electron chi connectivity index (χ2n) is 3.81. The Kier molecular flexibility index (Phi) is 4.56. The van der Waals surface area contributed by atoms with Gasteiger partial charge in [-0.1, -0.05) is 23.7 Å². The Morgan fingerprint density at radius 3 is 2.79 bits per heavy atom. The zero-order chi connectivity index (χ0) is 13.8. The van der Waals surface area contributed by atoms with Gasteiger partial charge in [-0.25, -0.2) is 4.39 Å². The molecule has 0 aliphatic rings. The quantitative estimate of drug-likeness (QED) is 0.756. The lowest BCUT2D eigenvalue weighted by Gasteiger charge is -2.10. The lowest BCUT2D eigenvalue weighted by Crippen LogP contribution is -1.98. The second-order valence-corrected chi connectivity index (χ2v) is 5.01. The van der Waals surface area contributed by atoms with E-state index in [1.54, 1.807) is 24.3 Å². The average molecular weight is 344 g/mol. The van der Waals surface area contributed by atoms with Crippen LogP contribution < -0.4 is 4.74 Å². The molecule has 0 spiro atoms. The minimum atomic E-state index is -0.344. The molecule has 2 nitrogen and oxygen atoms in total. The minimum absolute atomic E-state index is 0.179. The highest BCUT2D eigenvalue weighted by Crippen LogP contribution is 2.27. The predicted octanol–water partition coefficient (Wildman–Crippen LogP) is 4.63. The highest BCUT2D eigenvalue weighted by atomic mass is 79.9. The number of carbonyl (C=O) groups excluding carboxylic acids is 1. The largest absolute Gasteiger partial charge is 0.487 e. The van der Waals surface area contributed by atoms with Gasteiger partial charge in [-0.15, -0.1) is 0 Å². The summed E-state index contributed by atoms with van der Waals surface area (Å²) in [6.07, 6.45) is 0.707. The van der Waals surface area contributed by atoms with Gasteiger partial charge in [0.1, 0.15) is 24.5 Å². The summed E-state index contributed by atoms with van der Waals surface area (Å²) in [5.41, 5.74) is 1.15. The lowest BCUT2D eigenvalue weighted by molar-refractivity contribution is 0.112. The van der Waals surface area contributed by atoms with Crippen molar-refractivity contribution in [3.63, 3.8) is 0 Å². The monoisotopic (exact) mass is 342 g/mol. The van der Waals surface area contributed by atoms with E-state index in [0.29, 0.717) is 32.7 Å². The zero-order valence-corrected chi connectivity index (χ0v) is 12.0. The van der Waals surface area contributed by atoms with E-state index in [2.05, 4.69) is 15.9 Å². The molecule has 0 aliphatic heterocycles. The highest BCUT2D eigenvalue weighted by Gasteiger charge is 2.07. The summed E-state index contributed by atoms with van der Waals surface area (Å²) in [7, 11) is 0. The van der Waals surface area contributed by atoms with Gasteiger partial charge in [0.25, 0.3) is 0 Å². The molecule has 5 heteroatoms. The van der Waals surface area contributed by atoms with Crippen molar-refractivity contribution in [2.24, 2.45) is 0 Å². The lowest BCUT2D eigenvalue weighted by atomic mass is 10.2. The van der Waals surface area contributed by atoms with Crippen LogP contribution in [-0.2, 0) is 6.61 Å². The Morgan fingerprint density at radius 2 is 2.11 bits per heavy atom. The van der Waals surface area contributed by atoms with Crippen molar-refractivity contribution in [2.45, 2.75) is 6.61 Å². The predicted molar refractivity (Wildman–Crippen MR) is 75.3 cm³/mol. The molecule has 0 amide bonds. The van der Waals surface area contributed by atoms with Gasteiger partial charge in [-0.3, -0.25) is 4.79 Å². The first-order chi connectivity index (χ1) is 9.11. The Morgan fingerprint density at radius 1 is 1.32 bits per heavy atom. The summed E-state index contributed by atoms with van der Waals surface area (Å²) in [6, 6.07) is 9.45. The number of hydrogen-bond donors (Lipinski definition) is 0. The fraction of sp³-hybridized carbons (Fsp3) is 0.0714. The van der Waals surface area contributed by atoms with Gasteiger partial charge in [0.05, 0.1) is 9.50 Å². The van der Waals surface area contributed by atoms with Gasteiger partial charge in [-0.2, -0.15) is 0 Å². The molecule has 0 radical (unpaired) electrons. The van der Waals surface area contributed by atoms with Crippen LogP contribution in [-0.4, -0.2) is 6.29 Å². The molecule has 0 aromatic heterocycles. The molecule has 0 fully saturated rings. The van der Waals surface area contributed by atoms with E-state index in [-0.39, 0.29) is 12.4 Å². The molecule has 19 heavy (non-hydrogen) atoms. The van der Waals surface area contributed by atoms with E-state index in [1.807, 2.05) is 0 Å². The summed E-state index contributed by atoms with van der Waals surface area (Å²) in [4.78, 5) is 10.6. The van der Waals surface area contributed by atoms with Crippen molar-refractivity contribution in [1.29, 1.82) is 0 Å². The van der Waals surface area contributed by atoms with Crippen LogP contribution in [0.3, 0.4) is 0 Å². The van der Waals surface area contributed by atoms with Crippen LogP contribution in [0.4, 0.5) is 4.39 Å². The maximum atomic E-state index is 13.3. The molecule has 0 unspecified atom stereocenters. The smallest absolute Gasteiger partial charge is 0.150 e.